The Kier molecular flexibility index (Phi) is 4.66. The lowest BCUT2D eigenvalue weighted by Crippen LogP contribution is -2.43. The van der Waals surface area contributed by atoms with Crippen LogP contribution in [0.25, 0.3) is 0 Å². The maximum atomic E-state index is 10.2. The Morgan fingerprint density at radius 3 is 2.42 bits per heavy atom. The number of rotatable bonds is 5. The van der Waals surface area contributed by atoms with Crippen LogP contribution in [0.5, 0.6) is 0 Å². The van der Waals surface area contributed by atoms with Crippen LogP contribution >= 0.6 is 0 Å². The molecule has 0 heterocycles. The summed E-state index contributed by atoms with van der Waals surface area (Å²) in [5.41, 5.74) is 4.83. The van der Waals surface area contributed by atoms with Crippen molar-refractivity contribution in [2.24, 2.45) is 5.73 Å². The second-order valence-corrected chi connectivity index (χ2v) is 3.55. The molecule has 12 heavy (non-hydrogen) atoms. The Morgan fingerprint density at radius 1 is 1.42 bits per heavy atom. The highest BCUT2D eigenvalue weighted by Gasteiger charge is 2.13. The maximum absolute atomic E-state index is 10.2. The zero-order valence-corrected chi connectivity index (χ0v) is 8.17. The molecule has 0 bridgehead atoms. The number of nitrogens with zero attached hydrogens (tertiary/aromatic N) is 1. The molecule has 0 aromatic carbocycles. The molecule has 0 radical (unpaired) electrons. The van der Waals surface area contributed by atoms with Crippen LogP contribution in [0, 0.1) is 0 Å². The molecule has 4 heteroatoms. The van der Waals surface area contributed by atoms with E-state index in [0.29, 0.717) is 6.61 Å². The molecule has 0 spiro atoms. The first-order chi connectivity index (χ1) is 5.48. The predicted octanol–water partition coefficient (Wildman–Crippen LogP) is 0.568. The van der Waals surface area contributed by atoms with Crippen molar-refractivity contribution in [2.75, 3.05) is 33.8 Å². The molecule has 0 atom stereocenters. The van der Waals surface area contributed by atoms with Crippen molar-refractivity contribution in [3.05, 3.63) is 0 Å². The minimum Gasteiger partial charge on any atom is -0.444 e. The normalized spacial score (nSPS) is 11.2. The second kappa shape index (κ2) is 4.98. The van der Waals surface area contributed by atoms with Crippen molar-refractivity contribution in [3.8, 4) is 0 Å². The van der Waals surface area contributed by atoms with Gasteiger partial charge in [-0.3, -0.25) is 0 Å². The van der Waals surface area contributed by atoms with Crippen LogP contribution in [0.2, 0.25) is 0 Å². The van der Waals surface area contributed by atoms with Gasteiger partial charge in [0.2, 0.25) is 0 Å². The van der Waals surface area contributed by atoms with Gasteiger partial charge in [-0.25, -0.2) is 4.79 Å². The molecule has 0 aliphatic rings. The van der Waals surface area contributed by atoms with E-state index >= 15 is 0 Å². The summed E-state index contributed by atoms with van der Waals surface area (Å²) in [4.78, 5) is 10.2. The average Bonchev–Trinajstić information content (AvgIpc) is 1.85. The highest BCUT2D eigenvalue weighted by atomic mass is 16.5. The van der Waals surface area contributed by atoms with Crippen molar-refractivity contribution in [1.82, 2.24) is 0 Å². The summed E-state index contributed by atoms with van der Waals surface area (Å²) < 4.78 is 5.51. The Hall–Kier alpha value is -0.770. The maximum Gasteiger partial charge on any atom is 0.404 e. The van der Waals surface area contributed by atoms with E-state index in [2.05, 4.69) is 25.8 Å². The summed E-state index contributed by atoms with van der Waals surface area (Å²) in [5, 5.41) is 0. The van der Waals surface area contributed by atoms with Crippen molar-refractivity contribution >= 4 is 6.09 Å². The minimum absolute atomic E-state index is 0.405. The molecular formula is C8H19N2O2+. The number of hydrogen-bond donors (Lipinski definition) is 1. The smallest absolute Gasteiger partial charge is 0.404 e. The third-order valence-corrected chi connectivity index (χ3v) is 1.77. The van der Waals surface area contributed by atoms with E-state index in [1.807, 2.05) is 0 Å². The summed E-state index contributed by atoms with van der Waals surface area (Å²) in [5.74, 6) is 0. The third kappa shape index (κ3) is 5.97. The SMILES string of the molecule is CCC[N+](C)(C)CCOC(N)=O. The van der Waals surface area contributed by atoms with Gasteiger partial charge in [-0.2, -0.15) is 0 Å². The van der Waals surface area contributed by atoms with Crippen LogP contribution in [-0.2, 0) is 4.74 Å². The fourth-order valence-corrected chi connectivity index (χ4v) is 1.11. The van der Waals surface area contributed by atoms with E-state index < -0.39 is 6.09 Å². The summed E-state index contributed by atoms with van der Waals surface area (Å²) in [7, 11) is 4.21. The Morgan fingerprint density at radius 2 is 2.00 bits per heavy atom. The lowest BCUT2D eigenvalue weighted by atomic mass is 10.4. The second-order valence-electron chi connectivity index (χ2n) is 3.55. The third-order valence-electron chi connectivity index (χ3n) is 1.77. The zero-order chi connectivity index (χ0) is 9.61. The molecule has 0 aromatic rings. The molecule has 1 amide bonds. The molecule has 0 rings (SSSR count). The van der Waals surface area contributed by atoms with Crippen molar-refractivity contribution in [1.29, 1.82) is 0 Å². The quantitative estimate of drug-likeness (QED) is 0.621. The van der Waals surface area contributed by atoms with Gasteiger partial charge in [-0.1, -0.05) is 6.92 Å². The zero-order valence-electron chi connectivity index (χ0n) is 8.17. The monoisotopic (exact) mass is 175 g/mol. The van der Waals surface area contributed by atoms with Gasteiger partial charge < -0.3 is 15.0 Å². The number of nitrogens with two attached hydrogens (primary N) is 1. The lowest BCUT2D eigenvalue weighted by molar-refractivity contribution is -0.890. The Labute approximate surface area is 73.9 Å². The molecule has 0 saturated heterocycles. The van der Waals surface area contributed by atoms with Crippen LogP contribution in [0.4, 0.5) is 4.79 Å². The molecule has 0 unspecified atom stereocenters. The van der Waals surface area contributed by atoms with Crippen LogP contribution < -0.4 is 5.73 Å². The van der Waals surface area contributed by atoms with Crippen molar-refractivity contribution in [2.45, 2.75) is 13.3 Å². The topological polar surface area (TPSA) is 52.3 Å². The van der Waals surface area contributed by atoms with E-state index in [-0.39, 0.29) is 0 Å². The molecule has 2 N–H and O–H groups in total. The number of ether oxygens (including phenoxy) is 1. The summed E-state index contributed by atoms with van der Waals surface area (Å²) in [6.45, 7) is 4.44. The van der Waals surface area contributed by atoms with Gasteiger partial charge in [0, 0.05) is 0 Å². The average molecular weight is 175 g/mol. The largest absolute Gasteiger partial charge is 0.444 e. The van der Waals surface area contributed by atoms with Gasteiger partial charge in [0.05, 0.1) is 20.6 Å². The number of likely N-dealkylation sites (N-methyl/N-ethyl adjacent to an activating group) is 1. The number of primary amides is 1. The van der Waals surface area contributed by atoms with Crippen LogP contribution in [0.15, 0.2) is 0 Å². The van der Waals surface area contributed by atoms with Gasteiger partial charge in [0.25, 0.3) is 0 Å². The Balaban J connectivity index is 3.53. The highest BCUT2D eigenvalue weighted by Crippen LogP contribution is 1.98. The molecule has 0 aromatic heterocycles. The Bertz CT molecular complexity index is 146. The first kappa shape index (κ1) is 11.2. The van der Waals surface area contributed by atoms with Crippen LogP contribution in [-0.4, -0.2) is 44.4 Å². The van der Waals surface area contributed by atoms with E-state index in [0.717, 1.165) is 24.0 Å². The van der Waals surface area contributed by atoms with Gasteiger partial charge in [-0.05, 0) is 6.42 Å². The van der Waals surface area contributed by atoms with E-state index in [1.165, 1.54) is 0 Å². The summed E-state index contributed by atoms with van der Waals surface area (Å²) in [6, 6.07) is 0. The van der Waals surface area contributed by atoms with Crippen LogP contribution in [0.3, 0.4) is 0 Å². The fraction of sp³-hybridized carbons (Fsp3) is 0.875. The summed E-state index contributed by atoms with van der Waals surface area (Å²) >= 11 is 0. The molecule has 72 valence electrons. The number of carbonyl (C=O) groups is 1. The van der Waals surface area contributed by atoms with E-state index in [4.69, 9.17) is 5.73 Å². The number of hydrogen-bond acceptors (Lipinski definition) is 2. The molecular weight excluding hydrogens is 156 g/mol. The highest BCUT2D eigenvalue weighted by molar-refractivity contribution is 5.64. The number of amides is 1. The predicted molar refractivity (Wildman–Crippen MR) is 47.7 cm³/mol. The standard InChI is InChI=1S/C8H18N2O2/c1-4-5-10(2,3)6-7-12-8(9)11/h4-7H2,1-3H3,(H-,9,11)/p+1. The molecule has 0 aliphatic carbocycles. The minimum atomic E-state index is -0.688. The van der Waals surface area contributed by atoms with E-state index in [9.17, 15) is 4.79 Å². The van der Waals surface area contributed by atoms with Crippen LogP contribution in [0.1, 0.15) is 13.3 Å². The molecule has 0 saturated carbocycles. The van der Waals surface area contributed by atoms with Crippen molar-refractivity contribution < 1.29 is 14.0 Å². The van der Waals surface area contributed by atoms with Gasteiger partial charge in [0.1, 0.15) is 13.2 Å². The molecule has 4 nitrogen and oxygen atoms in total. The molecule has 0 fully saturated rings. The first-order valence-corrected chi connectivity index (χ1v) is 4.22. The summed E-state index contributed by atoms with van der Waals surface area (Å²) in [6.07, 6.45) is 0.440. The van der Waals surface area contributed by atoms with Crippen molar-refractivity contribution in [3.63, 3.8) is 0 Å². The molecule has 0 aliphatic heterocycles. The van der Waals surface area contributed by atoms with Gasteiger partial charge in [-0.15, -0.1) is 0 Å². The lowest BCUT2D eigenvalue weighted by Gasteiger charge is -2.28. The van der Waals surface area contributed by atoms with Gasteiger partial charge in [0.15, 0.2) is 0 Å². The number of carbonyl (C=O) groups excluding carboxylic acids is 1. The first-order valence-electron chi connectivity index (χ1n) is 4.22. The fourth-order valence-electron chi connectivity index (χ4n) is 1.11. The number of quaternary nitrogens is 1. The van der Waals surface area contributed by atoms with E-state index in [1.54, 1.807) is 0 Å². The van der Waals surface area contributed by atoms with Gasteiger partial charge >= 0.3 is 6.09 Å².